The van der Waals surface area contributed by atoms with Crippen LogP contribution >= 0.6 is 0 Å². The molecule has 1 aliphatic carbocycles. The van der Waals surface area contributed by atoms with E-state index in [2.05, 4.69) is 25.3 Å². The van der Waals surface area contributed by atoms with Crippen molar-refractivity contribution in [3.63, 3.8) is 0 Å². The smallest absolute Gasteiger partial charge is 0.144 e. The fraction of sp³-hybridized carbons (Fsp3) is 0.500. The number of halogens is 1. The number of aromatic nitrogens is 1. The minimum Gasteiger partial charge on any atom is -0.493 e. The molecule has 0 amide bonds. The van der Waals surface area contributed by atoms with Crippen LogP contribution in [0.2, 0.25) is 0 Å². The average Bonchev–Trinajstić information content (AvgIpc) is 2.73. The highest BCUT2D eigenvalue weighted by atomic mass is 19.1. The maximum Gasteiger partial charge on any atom is 0.144 e. The summed E-state index contributed by atoms with van der Waals surface area (Å²) in [4.78, 5) is 4.73. The van der Waals surface area contributed by atoms with Crippen molar-refractivity contribution >= 4 is 0 Å². The summed E-state index contributed by atoms with van der Waals surface area (Å²) in [5.74, 6) is 1.00. The number of benzene rings is 1. The van der Waals surface area contributed by atoms with Crippen molar-refractivity contribution in [3.8, 4) is 11.8 Å². The Bertz CT molecular complexity index is 789. The number of unbranched alkanes of at least 4 members (excludes halogenated alkanes) is 2. The molecule has 1 saturated carbocycles. The lowest BCUT2D eigenvalue weighted by Gasteiger charge is -2.28. The zero-order valence-corrected chi connectivity index (χ0v) is 16.7. The molecule has 4 heteroatoms. The lowest BCUT2D eigenvalue weighted by Crippen LogP contribution is -2.19. The van der Waals surface area contributed by atoms with Crippen LogP contribution in [-0.2, 0) is 6.42 Å². The summed E-state index contributed by atoms with van der Waals surface area (Å²) in [6.45, 7) is 2.83. The third-order valence-corrected chi connectivity index (χ3v) is 5.73. The first kappa shape index (κ1) is 20.3. The van der Waals surface area contributed by atoms with Crippen LogP contribution in [0.3, 0.4) is 0 Å². The molecule has 0 saturated heterocycles. The highest BCUT2D eigenvalue weighted by Crippen LogP contribution is 2.35. The van der Waals surface area contributed by atoms with Crippen LogP contribution in [0, 0.1) is 23.1 Å². The van der Waals surface area contributed by atoms with E-state index < -0.39 is 5.82 Å². The molecule has 148 valence electrons. The molecular weight excluding hydrogens is 351 g/mol. The molecule has 0 N–H and O–H groups in total. The number of nitriles is 1. The zero-order valence-electron chi connectivity index (χ0n) is 16.7. The molecule has 0 aliphatic heterocycles. The van der Waals surface area contributed by atoms with Gasteiger partial charge in [0.25, 0.3) is 0 Å². The predicted molar refractivity (Wildman–Crippen MR) is 109 cm³/mol. The number of hydrogen-bond donors (Lipinski definition) is 0. The third kappa shape index (κ3) is 5.55. The molecular formula is C24H29FN2O. The molecule has 1 aromatic carbocycles. The second kappa shape index (κ2) is 10.2. The molecule has 0 spiro atoms. The number of ether oxygens (including phenoxy) is 1. The Morgan fingerprint density at radius 2 is 1.96 bits per heavy atom. The van der Waals surface area contributed by atoms with E-state index in [1.165, 1.54) is 42.7 Å². The molecule has 0 atom stereocenters. The van der Waals surface area contributed by atoms with Crippen molar-refractivity contribution in [1.29, 1.82) is 5.26 Å². The Hall–Kier alpha value is -2.41. The van der Waals surface area contributed by atoms with Gasteiger partial charge < -0.3 is 4.74 Å². The number of nitrogens with zero attached hydrogens (tertiary/aromatic N) is 2. The number of pyridine rings is 1. The van der Waals surface area contributed by atoms with Crippen LogP contribution in [0.5, 0.6) is 5.75 Å². The molecule has 1 fully saturated rings. The standard InChI is InChI=1S/C24H29FN2O/c1-2-3-4-5-18-8-13-24(27-16-18)20-9-6-19(7-10-20)17-28-22-12-11-21(15-26)23(25)14-22/h8,11-14,16,19-20H,2-7,9-10,17H2,1H3. The first-order chi connectivity index (χ1) is 13.7. The fourth-order valence-electron chi connectivity index (χ4n) is 3.92. The van der Waals surface area contributed by atoms with Gasteiger partial charge in [-0.25, -0.2) is 4.39 Å². The van der Waals surface area contributed by atoms with Gasteiger partial charge in [-0.1, -0.05) is 25.8 Å². The molecule has 3 nitrogen and oxygen atoms in total. The molecule has 28 heavy (non-hydrogen) atoms. The monoisotopic (exact) mass is 380 g/mol. The normalized spacial score (nSPS) is 19.2. The van der Waals surface area contributed by atoms with Crippen molar-refractivity contribution in [2.24, 2.45) is 5.92 Å². The molecule has 0 unspecified atom stereocenters. The van der Waals surface area contributed by atoms with Crippen molar-refractivity contribution in [2.45, 2.75) is 64.2 Å². The Balaban J connectivity index is 1.44. The van der Waals surface area contributed by atoms with Crippen LogP contribution in [0.4, 0.5) is 4.39 Å². The topological polar surface area (TPSA) is 45.9 Å². The first-order valence-electron chi connectivity index (χ1n) is 10.5. The number of rotatable bonds is 8. The van der Waals surface area contributed by atoms with E-state index in [4.69, 9.17) is 15.0 Å². The lowest BCUT2D eigenvalue weighted by atomic mass is 9.80. The van der Waals surface area contributed by atoms with Crippen LogP contribution in [0.1, 0.15) is 74.6 Å². The van der Waals surface area contributed by atoms with E-state index in [0.717, 1.165) is 32.1 Å². The quantitative estimate of drug-likeness (QED) is 0.514. The summed E-state index contributed by atoms with van der Waals surface area (Å²) in [6, 6.07) is 10.7. The SMILES string of the molecule is CCCCCc1ccc(C2CCC(COc3ccc(C#N)c(F)c3)CC2)nc1. The van der Waals surface area contributed by atoms with Crippen LogP contribution in [0.15, 0.2) is 36.5 Å². The van der Waals surface area contributed by atoms with Crippen molar-refractivity contribution in [3.05, 3.63) is 59.2 Å². The van der Waals surface area contributed by atoms with Gasteiger partial charge >= 0.3 is 0 Å². The summed E-state index contributed by atoms with van der Waals surface area (Å²) in [6.07, 6.45) is 11.4. The van der Waals surface area contributed by atoms with Crippen LogP contribution in [0.25, 0.3) is 0 Å². The van der Waals surface area contributed by atoms with E-state index in [-0.39, 0.29) is 5.56 Å². The molecule has 1 aliphatic rings. The van der Waals surface area contributed by atoms with Crippen LogP contribution in [-0.4, -0.2) is 11.6 Å². The first-order valence-corrected chi connectivity index (χ1v) is 10.5. The largest absolute Gasteiger partial charge is 0.493 e. The van der Waals surface area contributed by atoms with Gasteiger partial charge in [-0.05, 0) is 68.2 Å². The molecule has 1 aromatic heterocycles. The third-order valence-electron chi connectivity index (χ3n) is 5.73. The van der Waals surface area contributed by atoms with E-state index in [0.29, 0.717) is 24.2 Å². The maximum absolute atomic E-state index is 13.7. The summed E-state index contributed by atoms with van der Waals surface area (Å²) in [5, 5.41) is 8.79. The van der Waals surface area contributed by atoms with Gasteiger partial charge in [-0.3, -0.25) is 4.98 Å². The van der Waals surface area contributed by atoms with Crippen molar-refractivity contribution < 1.29 is 9.13 Å². The molecule has 2 aromatic rings. The molecule has 0 radical (unpaired) electrons. The lowest BCUT2D eigenvalue weighted by molar-refractivity contribution is 0.198. The van der Waals surface area contributed by atoms with Gasteiger partial charge in [-0.15, -0.1) is 0 Å². The van der Waals surface area contributed by atoms with E-state index in [1.807, 2.05) is 6.07 Å². The molecule has 0 bridgehead atoms. The van der Waals surface area contributed by atoms with E-state index in [9.17, 15) is 4.39 Å². The Kier molecular flexibility index (Phi) is 7.42. The van der Waals surface area contributed by atoms with E-state index >= 15 is 0 Å². The highest BCUT2D eigenvalue weighted by Gasteiger charge is 2.23. The van der Waals surface area contributed by atoms with Gasteiger partial charge in [0.2, 0.25) is 0 Å². The van der Waals surface area contributed by atoms with E-state index in [1.54, 1.807) is 6.07 Å². The van der Waals surface area contributed by atoms with Crippen molar-refractivity contribution in [1.82, 2.24) is 4.98 Å². The highest BCUT2D eigenvalue weighted by molar-refractivity contribution is 5.36. The summed E-state index contributed by atoms with van der Waals surface area (Å²) in [7, 11) is 0. The van der Waals surface area contributed by atoms with Gasteiger partial charge in [0, 0.05) is 23.9 Å². The zero-order chi connectivity index (χ0) is 19.8. The fourth-order valence-corrected chi connectivity index (χ4v) is 3.92. The van der Waals surface area contributed by atoms with Gasteiger partial charge in [0.15, 0.2) is 0 Å². The predicted octanol–water partition coefficient (Wildman–Crippen LogP) is 6.18. The van der Waals surface area contributed by atoms with Gasteiger partial charge in [0.05, 0.1) is 12.2 Å². The van der Waals surface area contributed by atoms with Crippen molar-refractivity contribution in [2.75, 3.05) is 6.61 Å². The Morgan fingerprint density at radius 1 is 1.14 bits per heavy atom. The maximum atomic E-state index is 13.7. The minimum absolute atomic E-state index is 0.0525. The summed E-state index contributed by atoms with van der Waals surface area (Å²) >= 11 is 0. The summed E-state index contributed by atoms with van der Waals surface area (Å²) in [5.41, 5.74) is 2.61. The number of aryl methyl sites for hydroxylation is 1. The second-order valence-electron chi connectivity index (χ2n) is 7.83. The van der Waals surface area contributed by atoms with Gasteiger partial charge in [0.1, 0.15) is 17.6 Å². The second-order valence-corrected chi connectivity index (χ2v) is 7.83. The number of hydrogen-bond acceptors (Lipinski definition) is 3. The summed E-state index contributed by atoms with van der Waals surface area (Å²) < 4.78 is 19.4. The average molecular weight is 381 g/mol. The molecule has 3 rings (SSSR count). The van der Waals surface area contributed by atoms with Crippen LogP contribution < -0.4 is 4.74 Å². The minimum atomic E-state index is -0.520. The Morgan fingerprint density at radius 3 is 2.61 bits per heavy atom. The Labute approximate surface area is 167 Å². The van der Waals surface area contributed by atoms with Gasteiger partial charge in [-0.2, -0.15) is 5.26 Å². The molecule has 1 heterocycles.